The third kappa shape index (κ3) is 4.05. The Morgan fingerprint density at radius 2 is 1.77 bits per heavy atom. The van der Waals surface area contributed by atoms with Crippen molar-refractivity contribution < 1.29 is 9.59 Å². The van der Waals surface area contributed by atoms with Gasteiger partial charge >= 0.3 is 0 Å². The second-order valence-corrected chi connectivity index (χ2v) is 7.17. The van der Waals surface area contributed by atoms with Crippen molar-refractivity contribution in [2.24, 2.45) is 0 Å². The SMILES string of the molecule is C=C(C)CN1CCN(C(=O)CCn2cc(C(C)=O)c3ccccc32)CC1. The van der Waals surface area contributed by atoms with Gasteiger partial charge in [0, 0.05) is 68.4 Å². The van der Waals surface area contributed by atoms with E-state index in [1.165, 1.54) is 0 Å². The van der Waals surface area contributed by atoms with Crippen molar-refractivity contribution in [3.05, 3.63) is 48.2 Å². The molecule has 2 aromatic rings. The molecule has 138 valence electrons. The quantitative estimate of drug-likeness (QED) is 0.592. The Bertz CT molecular complexity index is 829. The first-order valence-corrected chi connectivity index (χ1v) is 9.19. The van der Waals surface area contributed by atoms with Crippen LogP contribution in [0.15, 0.2) is 42.6 Å². The summed E-state index contributed by atoms with van der Waals surface area (Å²) >= 11 is 0. The standard InChI is InChI=1S/C21H27N3O2/c1-16(2)14-22-10-12-23(13-11-22)21(26)8-9-24-15-19(17(3)25)18-6-4-5-7-20(18)24/h4-7,15H,1,8-14H2,2-3H3. The average Bonchev–Trinajstić information content (AvgIpc) is 2.99. The van der Waals surface area contributed by atoms with Gasteiger partial charge in [0.25, 0.3) is 0 Å². The predicted molar refractivity (Wildman–Crippen MR) is 104 cm³/mol. The van der Waals surface area contributed by atoms with Gasteiger partial charge in [0.1, 0.15) is 0 Å². The maximum atomic E-state index is 12.6. The average molecular weight is 353 g/mol. The van der Waals surface area contributed by atoms with Crippen LogP contribution in [0.3, 0.4) is 0 Å². The number of aromatic nitrogens is 1. The van der Waals surface area contributed by atoms with Gasteiger partial charge in [-0.1, -0.05) is 30.4 Å². The van der Waals surface area contributed by atoms with Crippen LogP contribution in [0.5, 0.6) is 0 Å². The van der Waals surface area contributed by atoms with Crippen LogP contribution in [0.25, 0.3) is 10.9 Å². The minimum Gasteiger partial charge on any atom is -0.346 e. The predicted octanol–water partition coefficient (Wildman–Crippen LogP) is 2.95. The zero-order valence-corrected chi connectivity index (χ0v) is 15.7. The maximum absolute atomic E-state index is 12.6. The second-order valence-electron chi connectivity index (χ2n) is 7.17. The van der Waals surface area contributed by atoms with Gasteiger partial charge in [-0.2, -0.15) is 0 Å². The van der Waals surface area contributed by atoms with Crippen LogP contribution >= 0.6 is 0 Å². The highest BCUT2D eigenvalue weighted by atomic mass is 16.2. The second kappa shape index (κ2) is 7.87. The van der Waals surface area contributed by atoms with Crippen molar-refractivity contribution in [3.8, 4) is 0 Å². The van der Waals surface area contributed by atoms with E-state index in [0.29, 0.717) is 13.0 Å². The summed E-state index contributed by atoms with van der Waals surface area (Å²) in [5.41, 5.74) is 2.89. The fourth-order valence-corrected chi connectivity index (χ4v) is 3.62. The van der Waals surface area contributed by atoms with Crippen molar-refractivity contribution in [1.29, 1.82) is 0 Å². The zero-order chi connectivity index (χ0) is 18.7. The fourth-order valence-electron chi connectivity index (χ4n) is 3.62. The van der Waals surface area contributed by atoms with Crippen LogP contribution in [0, 0.1) is 0 Å². The van der Waals surface area contributed by atoms with E-state index in [2.05, 4.69) is 11.5 Å². The molecule has 5 heteroatoms. The number of hydrogen-bond donors (Lipinski definition) is 0. The molecule has 1 aliphatic rings. The molecule has 1 aromatic carbocycles. The number of rotatable bonds is 6. The zero-order valence-electron chi connectivity index (χ0n) is 15.7. The van der Waals surface area contributed by atoms with Crippen molar-refractivity contribution in [1.82, 2.24) is 14.4 Å². The number of para-hydroxylation sites is 1. The van der Waals surface area contributed by atoms with Gasteiger partial charge in [-0.05, 0) is 19.9 Å². The Hall–Kier alpha value is -2.40. The molecule has 0 radical (unpaired) electrons. The number of hydrogen-bond acceptors (Lipinski definition) is 3. The molecule has 3 rings (SSSR count). The lowest BCUT2D eigenvalue weighted by atomic mass is 10.1. The fraction of sp³-hybridized carbons (Fsp3) is 0.429. The highest BCUT2D eigenvalue weighted by molar-refractivity contribution is 6.06. The lowest BCUT2D eigenvalue weighted by Crippen LogP contribution is -2.49. The number of ketones is 1. The highest BCUT2D eigenvalue weighted by Crippen LogP contribution is 2.22. The molecule has 0 aliphatic carbocycles. The summed E-state index contributed by atoms with van der Waals surface area (Å²) in [5.74, 6) is 0.238. The first kappa shape index (κ1) is 18.4. The minimum absolute atomic E-state index is 0.0555. The van der Waals surface area contributed by atoms with E-state index < -0.39 is 0 Å². The third-order valence-corrected chi connectivity index (χ3v) is 4.95. The molecule has 0 bridgehead atoms. The van der Waals surface area contributed by atoms with Gasteiger partial charge in [-0.3, -0.25) is 14.5 Å². The van der Waals surface area contributed by atoms with E-state index >= 15 is 0 Å². The Morgan fingerprint density at radius 3 is 2.42 bits per heavy atom. The van der Waals surface area contributed by atoms with E-state index in [4.69, 9.17) is 0 Å². The number of carbonyl (C=O) groups is 2. The Balaban J connectivity index is 1.61. The summed E-state index contributed by atoms with van der Waals surface area (Å²) in [6.45, 7) is 12.4. The first-order valence-electron chi connectivity index (χ1n) is 9.19. The minimum atomic E-state index is 0.0555. The lowest BCUT2D eigenvalue weighted by molar-refractivity contribution is -0.133. The van der Waals surface area contributed by atoms with Gasteiger partial charge in [-0.15, -0.1) is 0 Å². The van der Waals surface area contributed by atoms with Gasteiger partial charge in [0.2, 0.25) is 5.91 Å². The van der Waals surface area contributed by atoms with E-state index in [9.17, 15) is 9.59 Å². The van der Waals surface area contributed by atoms with Gasteiger partial charge < -0.3 is 9.47 Å². The van der Waals surface area contributed by atoms with Gasteiger partial charge in [0.05, 0.1) is 0 Å². The highest BCUT2D eigenvalue weighted by Gasteiger charge is 2.21. The van der Waals surface area contributed by atoms with Crippen LogP contribution in [0.4, 0.5) is 0 Å². The number of piperazine rings is 1. The summed E-state index contributed by atoms with van der Waals surface area (Å²) in [4.78, 5) is 28.7. The number of fused-ring (bicyclic) bond motifs is 1. The molecule has 1 saturated heterocycles. The van der Waals surface area contributed by atoms with Gasteiger partial charge in [0.15, 0.2) is 5.78 Å². The molecule has 2 heterocycles. The number of aryl methyl sites for hydroxylation is 1. The van der Waals surface area contributed by atoms with E-state index in [1.807, 2.05) is 46.9 Å². The summed E-state index contributed by atoms with van der Waals surface area (Å²) in [7, 11) is 0. The summed E-state index contributed by atoms with van der Waals surface area (Å²) < 4.78 is 2.03. The molecule has 0 spiro atoms. The summed E-state index contributed by atoms with van der Waals surface area (Å²) in [6.07, 6.45) is 2.33. The largest absolute Gasteiger partial charge is 0.346 e. The normalized spacial score (nSPS) is 15.4. The van der Waals surface area contributed by atoms with E-state index in [-0.39, 0.29) is 11.7 Å². The number of nitrogens with zero attached hydrogens (tertiary/aromatic N) is 3. The number of Topliss-reactive ketones (excluding diaryl/α,β-unsaturated/α-hetero) is 1. The van der Waals surface area contributed by atoms with Crippen LogP contribution < -0.4 is 0 Å². The molecule has 0 saturated carbocycles. The van der Waals surface area contributed by atoms with Crippen molar-refractivity contribution in [2.45, 2.75) is 26.8 Å². The number of carbonyl (C=O) groups excluding carboxylic acids is 2. The van der Waals surface area contributed by atoms with Crippen LogP contribution in [-0.2, 0) is 11.3 Å². The lowest BCUT2D eigenvalue weighted by Gasteiger charge is -2.34. The van der Waals surface area contributed by atoms with Crippen LogP contribution in [0.2, 0.25) is 0 Å². The smallest absolute Gasteiger partial charge is 0.224 e. The molecule has 1 aromatic heterocycles. The Labute approximate surface area is 154 Å². The third-order valence-electron chi connectivity index (χ3n) is 4.95. The monoisotopic (exact) mass is 353 g/mol. The molecule has 0 unspecified atom stereocenters. The molecule has 0 atom stereocenters. The molecule has 1 fully saturated rings. The first-order chi connectivity index (χ1) is 12.5. The van der Waals surface area contributed by atoms with E-state index in [1.54, 1.807) is 6.92 Å². The van der Waals surface area contributed by atoms with Gasteiger partial charge in [-0.25, -0.2) is 0 Å². The Morgan fingerprint density at radius 1 is 1.08 bits per heavy atom. The van der Waals surface area contributed by atoms with Crippen molar-refractivity contribution in [2.75, 3.05) is 32.7 Å². The summed E-state index contributed by atoms with van der Waals surface area (Å²) in [5, 5.41) is 0.959. The molecular formula is C21H27N3O2. The molecule has 0 N–H and O–H groups in total. The van der Waals surface area contributed by atoms with Crippen LogP contribution in [-0.4, -0.2) is 58.8 Å². The summed E-state index contributed by atoms with van der Waals surface area (Å²) in [6, 6.07) is 7.87. The van der Waals surface area contributed by atoms with Crippen molar-refractivity contribution in [3.63, 3.8) is 0 Å². The number of benzene rings is 1. The molecule has 26 heavy (non-hydrogen) atoms. The van der Waals surface area contributed by atoms with E-state index in [0.717, 1.165) is 54.8 Å². The molecule has 5 nitrogen and oxygen atoms in total. The molecule has 1 amide bonds. The molecule has 1 aliphatic heterocycles. The topological polar surface area (TPSA) is 45.5 Å². The molecular weight excluding hydrogens is 326 g/mol. The Kier molecular flexibility index (Phi) is 5.57. The number of amides is 1. The van der Waals surface area contributed by atoms with Crippen molar-refractivity contribution >= 4 is 22.6 Å². The van der Waals surface area contributed by atoms with Crippen LogP contribution in [0.1, 0.15) is 30.6 Å². The maximum Gasteiger partial charge on any atom is 0.224 e.